The van der Waals surface area contributed by atoms with E-state index in [9.17, 15) is 9.90 Å². The predicted molar refractivity (Wildman–Crippen MR) is 69.1 cm³/mol. The Morgan fingerprint density at radius 2 is 1.94 bits per heavy atom. The molecular formula is C14H17NO2. The predicted octanol–water partition coefficient (Wildman–Crippen LogP) is 2.51. The van der Waals surface area contributed by atoms with E-state index in [1.54, 1.807) is 42.2 Å². The van der Waals surface area contributed by atoms with Gasteiger partial charge in [-0.1, -0.05) is 24.3 Å². The number of amides is 1. The second-order valence-electron chi connectivity index (χ2n) is 3.76. The molecule has 0 aromatic heterocycles. The fourth-order valence-corrected chi connectivity index (χ4v) is 1.55. The van der Waals surface area contributed by atoms with Crippen LogP contribution in [0.2, 0.25) is 0 Å². The molecule has 0 fully saturated rings. The third kappa shape index (κ3) is 2.97. The van der Waals surface area contributed by atoms with Crippen molar-refractivity contribution in [2.45, 2.75) is 6.92 Å². The molecule has 0 aliphatic heterocycles. The van der Waals surface area contributed by atoms with Crippen LogP contribution in [0, 0.1) is 6.92 Å². The van der Waals surface area contributed by atoms with Gasteiger partial charge in [0.2, 0.25) is 0 Å². The summed E-state index contributed by atoms with van der Waals surface area (Å²) in [4.78, 5) is 13.7. The van der Waals surface area contributed by atoms with E-state index in [-0.39, 0.29) is 11.7 Å². The molecule has 17 heavy (non-hydrogen) atoms. The van der Waals surface area contributed by atoms with E-state index in [1.165, 1.54) is 0 Å². The van der Waals surface area contributed by atoms with Crippen LogP contribution in [0.4, 0.5) is 0 Å². The number of hydrogen-bond acceptors (Lipinski definition) is 2. The highest BCUT2D eigenvalue weighted by Crippen LogP contribution is 2.22. The quantitative estimate of drug-likeness (QED) is 0.791. The van der Waals surface area contributed by atoms with Crippen LogP contribution < -0.4 is 0 Å². The van der Waals surface area contributed by atoms with Gasteiger partial charge in [-0.15, -0.1) is 13.2 Å². The second-order valence-corrected chi connectivity index (χ2v) is 3.76. The van der Waals surface area contributed by atoms with Gasteiger partial charge in [0.05, 0.1) is 5.56 Å². The van der Waals surface area contributed by atoms with Crippen molar-refractivity contribution in [3.05, 3.63) is 54.6 Å². The Bertz CT molecular complexity index is 428. The summed E-state index contributed by atoms with van der Waals surface area (Å²) >= 11 is 0. The van der Waals surface area contributed by atoms with Gasteiger partial charge >= 0.3 is 0 Å². The zero-order valence-electron chi connectivity index (χ0n) is 10.0. The molecule has 3 heteroatoms. The maximum Gasteiger partial charge on any atom is 0.258 e. The van der Waals surface area contributed by atoms with Crippen molar-refractivity contribution in [1.29, 1.82) is 0 Å². The first-order valence-corrected chi connectivity index (χ1v) is 5.41. The first-order chi connectivity index (χ1) is 8.11. The largest absolute Gasteiger partial charge is 0.507 e. The highest BCUT2D eigenvalue weighted by molar-refractivity contribution is 5.97. The summed E-state index contributed by atoms with van der Waals surface area (Å²) in [6.07, 6.45) is 3.29. The highest BCUT2D eigenvalue weighted by atomic mass is 16.3. The van der Waals surface area contributed by atoms with Crippen molar-refractivity contribution in [1.82, 2.24) is 4.90 Å². The van der Waals surface area contributed by atoms with E-state index in [2.05, 4.69) is 13.2 Å². The van der Waals surface area contributed by atoms with Gasteiger partial charge in [0, 0.05) is 13.1 Å². The minimum Gasteiger partial charge on any atom is -0.507 e. The number of nitrogens with zero attached hydrogens (tertiary/aromatic N) is 1. The molecule has 0 saturated carbocycles. The molecule has 1 N–H and O–H groups in total. The molecule has 0 spiro atoms. The number of carbonyl (C=O) groups is 1. The van der Waals surface area contributed by atoms with E-state index in [1.807, 2.05) is 0 Å². The summed E-state index contributed by atoms with van der Waals surface area (Å²) in [5, 5.41) is 9.85. The molecule has 0 aliphatic carbocycles. The van der Waals surface area contributed by atoms with E-state index >= 15 is 0 Å². The lowest BCUT2D eigenvalue weighted by Gasteiger charge is -2.20. The summed E-state index contributed by atoms with van der Waals surface area (Å²) < 4.78 is 0. The lowest BCUT2D eigenvalue weighted by Crippen LogP contribution is -2.31. The molecule has 0 unspecified atom stereocenters. The average Bonchev–Trinajstić information content (AvgIpc) is 2.31. The maximum absolute atomic E-state index is 12.2. The van der Waals surface area contributed by atoms with E-state index in [0.29, 0.717) is 24.2 Å². The van der Waals surface area contributed by atoms with Gasteiger partial charge in [-0.05, 0) is 18.6 Å². The maximum atomic E-state index is 12.2. The Kier molecular flexibility index (Phi) is 4.52. The molecule has 0 heterocycles. The smallest absolute Gasteiger partial charge is 0.258 e. The zero-order valence-corrected chi connectivity index (χ0v) is 10.0. The SMILES string of the molecule is C=CCN(CC=C)C(=O)c1cccc(C)c1O. The molecule has 0 aliphatic rings. The fourth-order valence-electron chi connectivity index (χ4n) is 1.55. The number of phenolic OH excluding ortho intramolecular Hbond substituents is 1. The number of phenols is 1. The van der Waals surface area contributed by atoms with Gasteiger partial charge in [-0.3, -0.25) is 4.79 Å². The van der Waals surface area contributed by atoms with Gasteiger partial charge in [0.15, 0.2) is 0 Å². The summed E-state index contributed by atoms with van der Waals surface area (Å²) in [5.74, 6) is -0.179. The second kappa shape index (κ2) is 5.89. The van der Waals surface area contributed by atoms with Crippen LogP contribution in [0.25, 0.3) is 0 Å². The zero-order chi connectivity index (χ0) is 12.8. The summed E-state index contributed by atoms with van der Waals surface area (Å²) in [7, 11) is 0. The number of aryl methyl sites for hydroxylation is 1. The minimum absolute atomic E-state index is 0.0376. The molecule has 3 nitrogen and oxygen atoms in total. The monoisotopic (exact) mass is 231 g/mol. The van der Waals surface area contributed by atoms with Crippen LogP contribution in [0.15, 0.2) is 43.5 Å². The molecule has 1 rings (SSSR count). The topological polar surface area (TPSA) is 40.5 Å². The summed E-state index contributed by atoms with van der Waals surface area (Å²) in [6.45, 7) is 9.84. The lowest BCUT2D eigenvalue weighted by molar-refractivity contribution is 0.0787. The van der Waals surface area contributed by atoms with Crippen molar-refractivity contribution in [2.75, 3.05) is 13.1 Å². The number of para-hydroxylation sites is 1. The molecule has 0 bridgehead atoms. The van der Waals surface area contributed by atoms with Crippen molar-refractivity contribution in [3.8, 4) is 5.75 Å². The van der Waals surface area contributed by atoms with Crippen LogP contribution in [0.5, 0.6) is 5.75 Å². The fraction of sp³-hybridized carbons (Fsp3) is 0.214. The van der Waals surface area contributed by atoms with Crippen LogP contribution in [0.3, 0.4) is 0 Å². The first kappa shape index (κ1) is 13.0. The number of carbonyl (C=O) groups excluding carboxylic acids is 1. The Morgan fingerprint density at radius 3 is 2.47 bits per heavy atom. The van der Waals surface area contributed by atoms with Crippen LogP contribution in [-0.4, -0.2) is 29.0 Å². The number of benzene rings is 1. The van der Waals surface area contributed by atoms with Crippen LogP contribution in [-0.2, 0) is 0 Å². The van der Waals surface area contributed by atoms with Gasteiger partial charge in [-0.2, -0.15) is 0 Å². The standard InChI is InChI=1S/C14H17NO2/c1-4-9-15(10-5-2)14(17)12-8-6-7-11(3)13(12)16/h4-8,16H,1-2,9-10H2,3H3. The van der Waals surface area contributed by atoms with E-state index in [0.717, 1.165) is 0 Å². The lowest BCUT2D eigenvalue weighted by atomic mass is 10.1. The van der Waals surface area contributed by atoms with Gasteiger partial charge < -0.3 is 10.0 Å². The average molecular weight is 231 g/mol. The first-order valence-electron chi connectivity index (χ1n) is 5.41. The van der Waals surface area contributed by atoms with Crippen LogP contribution >= 0.6 is 0 Å². The van der Waals surface area contributed by atoms with E-state index in [4.69, 9.17) is 0 Å². The Labute approximate surface area is 102 Å². The van der Waals surface area contributed by atoms with E-state index < -0.39 is 0 Å². The molecule has 0 radical (unpaired) electrons. The minimum atomic E-state index is -0.217. The summed E-state index contributed by atoms with van der Waals surface area (Å²) in [6, 6.07) is 5.13. The third-order valence-electron chi connectivity index (χ3n) is 2.45. The molecule has 90 valence electrons. The normalized spacial score (nSPS) is 9.71. The molecular weight excluding hydrogens is 214 g/mol. The molecule has 0 saturated heterocycles. The Morgan fingerprint density at radius 1 is 1.35 bits per heavy atom. The van der Waals surface area contributed by atoms with Crippen molar-refractivity contribution in [2.24, 2.45) is 0 Å². The molecule has 1 amide bonds. The number of aromatic hydroxyl groups is 1. The van der Waals surface area contributed by atoms with Gasteiger partial charge in [0.25, 0.3) is 5.91 Å². The highest BCUT2D eigenvalue weighted by Gasteiger charge is 2.17. The number of rotatable bonds is 5. The number of hydrogen-bond donors (Lipinski definition) is 1. The van der Waals surface area contributed by atoms with Gasteiger partial charge in [-0.25, -0.2) is 0 Å². The Hall–Kier alpha value is -2.03. The molecule has 1 aromatic rings. The van der Waals surface area contributed by atoms with Crippen molar-refractivity contribution in [3.63, 3.8) is 0 Å². The third-order valence-corrected chi connectivity index (χ3v) is 2.45. The Balaban J connectivity index is 3.04. The summed E-state index contributed by atoms with van der Waals surface area (Å²) in [5.41, 5.74) is 1.00. The van der Waals surface area contributed by atoms with Gasteiger partial charge in [0.1, 0.15) is 5.75 Å². The van der Waals surface area contributed by atoms with Crippen LogP contribution in [0.1, 0.15) is 15.9 Å². The van der Waals surface area contributed by atoms with Crippen molar-refractivity contribution < 1.29 is 9.90 Å². The van der Waals surface area contributed by atoms with Crippen molar-refractivity contribution >= 4 is 5.91 Å². The molecule has 1 aromatic carbocycles. The molecule has 0 atom stereocenters.